The maximum absolute atomic E-state index is 11.8. The quantitative estimate of drug-likeness (QED) is 0.921. The van der Waals surface area contributed by atoms with Crippen LogP contribution in [0.4, 0.5) is 0 Å². The number of hydrogen-bond donors (Lipinski definition) is 1. The molecule has 19 heavy (non-hydrogen) atoms. The van der Waals surface area contributed by atoms with E-state index in [9.17, 15) is 4.79 Å². The predicted molar refractivity (Wildman–Crippen MR) is 76.6 cm³/mol. The lowest BCUT2D eigenvalue weighted by molar-refractivity contribution is -0.123. The van der Waals surface area contributed by atoms with Gasteiger partial charge in [0.1, 0.15) is 5.82 Å². The fourth-order valence-corrected chi connectivity index (χ4v) is 2.08. The van der Waals surface area contributed by atoms with Crippen LogP contribution < -0.4 is 5.32 Å². The predicted octanol–water partition coefficient (Wildman–Crippen LogP) is 2.63. The van der Waals surface area contributed by atoms with Crippen LogP contribution in [0.3, 0.4) is 0 Å². The van der Waals surface area contributed by atoms with E-state index in [1.54, 1.807) is 0 Å². The second-order valence-electron chi connectivity index (χ2n) is 6.09. The number of nitrogens with zero attached hydrogens (tertiary/aromatic N) is 2. The van der Waals surface area contributed by atoms with Gasteiger partial charge >= 0.3 is 0 Å². The number of hydrogen-bond acceptors (Lipinski definition) is 2. The number of carbonyl (C=O) groups is 1. The Morgan fingerprint density at radius 2 is 2.00 bits per heavy atom. The molecule has 4 heteroatoms. The largest absolute Gasteiger partial charge is 0.349 e. The van der Waals surface area contributed by atoms with Crippen LogP contribution in [0.2, 0.25) is 0 Å². The van der Waals surface area contributed by atoms with Crippen LogP contribution in [0.5, 0.6) is 0 Å². The lowest BCUT2D eigenvalue weighted by Gasteiger charge is -2.17. The van der Waals surface area contributed by atoms with Gasteiger partial charge in [0.2, 0.25) is 5.91 Å². The van der Waals surface area contributed by atoms with Gasteiger partial charge in [-0.2, -0.15) is 0 Å². The number of fused-ring (bicyclic) bond motifs is 1. The van der Waals surface area contributed by atoms with Gasteiger partial charge in [-0.3, -0.25) is 4.79 Å². The summed E-state index contributed by atoms with van der Waals surface area (Å²) in [5.74, 6) is 0.947. The molecule has 0 aliphatic rings. The van der Waals surface area contributed by atoms with Crippen molar-refractivity contribution in [2.24, 2.45) is 12.5 Å². The summed E-state index contributed by atoms with van der Waals surface area (Å²) in [7, 11) is 1.97. The molecule has 4 nitrogen and oxygen atoms in total. The second kappa shape index (κ2) is 5.03. The number of amides is 1. The molecule has 0 aliphatic heterocycles. The van der Waals surface area contributed by atoms with Crippen LogP contribution in [0.1, 0.15) is 33.0 Å². The van der Waals surface area contributed by atoms with E-state index in [1.165, 1.54) is 0 Å². The van der Waals surface area contributed by atoms with Crippen molar-refractivity contribution in [2.75, 3.05) is 0 Å². The van der Waals surface area contributed by atoms with Crippen LogP contribution in [0.25, 0.3) is 11.0 Å². The molecule has 0 aliphatic carbocycles. The molecule has 1 aromatic carbocycles. The minimum absolute atomic E-state index is 0.0104. The zero-order valence-corrected chi connectivity index (χ0v) is 12.0. The zero-order valence-electron chi connectivity index (χ0n) is 12.0. The van der Waals surface area contributed by atoms with Gasteiger partial charge < -0.3 is 9.88 Å². The third kappa shape index (κ3) is 3.34. The highest BCUT2D eigenvalue weighted by Gasteiger charge is 2.16. The third-order valence-electron chi connectivity index (χ3n) is 3.01. The molecular formula is C15H21N3O. The SMILES string of the molecule is Cn1c(CNC(=O)CC(C)(C)C)nc2ccccc21. The lowest BCUT2D eigenvalue weighted by atomic mass is 9.92. The molecule has 1 heterocycles. The maximum atomic E-state index is 11.8. The van der Waals surface area contributed by atoms with Crippen molar-refractivity contribution < 1.29 is 4.79 Å². The Bertz CT molecular complexity index is 593. The number of para-hydroxylation sites is 2. The Morgan fingerprint density at radius 1 is 1.32 bits per heavy atom. The molecule has 1 aromatic heterocycles. The van der Waals surface area contributed by atoms with Crippen LogP contribution in [-0.2, 0) is 18.4 Å². The first kappa shape index (κ1) is 13.6. The second-order valence-corrected chi connectivity index (χ2v) is 6.09. The highest BCUT2D eigenvalue weighted by atomic mass is 16.1. The van der Waals surface area contributed by atoms with Gasteiger partial charge in [-0.1, -0.05) is 32.9 Å². The summed E-state index contributed by atoms with van der Waals surface area (Å²) in [6.07, 6.45) is 0.525. The fourth-order valence-electron chi connectivity index (χ4n) is 2.08. The molecule has 102 valence electrons. The van der Waals surface area contributed by atoms with Crippen molar-refractivity contribution in [1.82, 2.24) is 14.9 Å². The Morgan fingerprint density at radius 3 is 2.63 bits per heavy atom. The van der Waals surface area contributed by atoms with Crippen LogP contribution in [0, 0.1) is 5.41 Å². The molecule has 0 radical (unpaired) electrons. The first-order valence-electron chi connectivity index (χ1n) is 6.54. The minimum Gasteiger partial charge on any atom is -0.349 e. The summed E-state index contributed by atoms with van der Waals surface area (Å²) in [6, 6.07) is 7.97. The number of imidazole rings is 1. The average molecular weight is 259 g/mol. The highest BCUT2D eigenvalue weighted by Crippen LogP contribution is 2.18. The minimum atomic E-state index is 0.0104. The van der Waals surface area contributed by atoms with Crippen LogP contribution >= 0.6 is 0 Å². The monoisotopic (exact) mass is 259 g/mol. The van der Waals surface area contributed by atoms with E-state index >= 15 is 0 Å². The average Bonchev–Trinajstić information content (AvgIpc) is 2.62. The lowest BCUT2D eigenvalue weighted by Crippen LogP contribution is -2.28. The summed E-state index contributed by atoms with van der Waals surface area (Å²) in [6.45, 7) is 6.64. The Balaban J connectivity index is 2.06. The number of carbonyl (C=O) groups excluding carboxylic acids is 1. The van der Waals surface area contributed by atoms with E-state index in [-0.39, 0.29) is 11.3 Å². The molecule has 2 rings (SSSR count). The summed E-state index contributed by atoms with van der Waals surface area (Å²) in [5.41, 5.74) is 2.06. The topological polar surface area (TPSA) is 46.9 Å². The Hall–Kier alpha value is -1.84. The number of aromatic nitrogens is 2. The van der Waals surface area contributed by atoms with Crippen molar-refractivity contribution >= 4 is 16.9 Å². The number of nitrogens with one attached hydrogen (secondary N) is 1. The number of rotatable bonds is 3. The van der Waals surface area contributed by atoms with Crippen molar-refractivity contribution in [3.05, 3.63) is 30.1 Å². The van der Waals surface area contributed by atoms with Crippen molar-refractivity contribution in [3.63, 3.8) is 0 Å². The van der Waals surface area contributed by atoms with Gasteiger partial charge in [0, 0.05) is 13.5 Å². The number of aryl methyl sites for hydroxylation is 1. The van der Waals surface area contributed by atoms with Gasteiger partial charge in [0.15, 0.2) is 0 Å². The Labute approximate surface area is 113 Å². The molecular weight excluding hydrogens is 238 g/mol. The van der Waals surface area contributed by atoms with Crippen molar-refractivity contribution in [2.45, 2.75) is 33.7 Å². The Kier molecular flexibility index (Phi) is 3.60. The van der Waals surface area contributed by atoms with E-state index < -0.39 is 0 Å². The summed E-state index contributed by atoms with van der Waals surface area (Å²) >= 11 is 0. The van der Waals surface area contributed by atoms with Crippen LogP contribution in [0.15, 0.2) is 24.3 Å². The van der Waals surface area contributed by atoms with Crippen molar-refractivity contribution in [1.29, 1.82) is 0 Å². The van der Waals surface area contributed by atoms with E-state index in [0.29, 0.717) is 13.0 Å². The fraction of sp³-hybridized carbons (Fsp3) is 0.467. The molecule has 1 N–H and O–H groups in total. The third-order valence-corrected chi connectivity index (χ3v) is 3.01. The smallest absolute Gasteiger partial charge is 0.220 e. The van der Waals surface area contributed by atoms with E-state index in [4.69, 9.17) is 0 Å². The number of benzene rings is 1. The molecule has 0 unspecified atom stereocenters. The molecule has 1 amide bonds. The van der Waals surface area contributed by atoms with Crippen molar-refractivity contribution in [3.8, 4) is 0 Å². The van der Waals surface area contributed by atoms with E-state index in [2.05, 4.69) is 31.1 Å². The normalized spacial score (nSPS) is 11.8. The van der Waals surface area contributed by atoms with Gasteiger partial charge in [-0.15, -0.1) is 0 Å². The molecule has 0 atom stereocenters. The molecule has 0 saturated carbocycles. The van der Waals surface area contributed by atoms with Gasteiger partial charge in [-0.25, -0.2) is 4.98 Å². The first-order chi connectivity index (χ1) is 8.87. The first-order valence-corrected chi connectivity index (χ1v) is 6.54. The summed E-state index contributed by atoms with van der Waals surface area (Å²) < 4.78 is 2.02. The van der Waals surface area contributed by atoms with E-state index in [0.717, 1.165) is 16.9 Å². The highest BCUT2D eigenvalue weighted by molar-refractivity contribution is 5.77. The summed E-state index contributed by atoms with van der Waals surface area (Å²) in [4.78, 5) is 16.3. The zero-order chi connectivity index (χ0) is 14.0. The van der Waals surface area contributed by atoms with Gasteiger partial charge in [0.05, 0.1) is 17.6 Å². The summed E-state index contributed by atoms with van der Waals surface area (Å²) in [5, 5.41) is 2.94. The molecule has 0 spiro atoms. The van der Waals surface area contributed by atoms with Crippen LogP contribution in [-0.4, -0.2) is 15.5 Å². The molecule has 0 bridgehead atoms. The standard InChI is InChI=1S/C15H21N3O/c1-15(2,3)9-14(19)16-10-13-17-11-7-5-6-8-12(11)18(13)4/h5-8H,9-10H2,1-4H3,(H,16,19). The van der Waals surface area contributed by atoms with Gasteiger partial charge in [0.25, 0.3) is 0 Å². The molecule has 0 saturated heterocycles. The maximum Gasteiger partial charge on any atom is 0.220 e. The molecule has 0 fully saturated rings. The van der Waals surface area contributed by atoms with Gasteiger partial charge in [-0.05, 0) is 17.5 Å². The molecule has 2 aromatic rings. The van der Waals surface area contributed by atoms with E-state index in [1.807, 2.05) is 35.9 Å².